The van der Waals surface area contributed by atoms with Crippen LogP contribution in [-0.2, 0) is 4.74 Å². The van der Waals surface area contributed by atoms with Gasteiger partial charge >= 0.3 is 5.97 Å². The van der Waals surface area contributed by atoms with Gasteiger partial charge in [-0.25, -0.2) is 14.8 Å². The van der Waals surface area contributed by atoms with Crippen molar-refractivity contribution in [2.75, 3.05) is 36.5 Å². The number of piperazine rings is 1. The summed E-state index contributed by atoms with van der Waals surface area (Å²) in [5.74, 6) is 1.32. The number of para-hydroxylation sites is 1. The Balaban J connectivity index is 1.44. The van der Waals surface area contributed by atoms with Crippen LogP contribution in [0.25, 0.3) is 22.3 Å². The second-order valence-electron chi connectivity index (χ2n) is 8.16. The van der Waals surface area contributed by atoms with Gasteiger partial charge in [0.05, 0.1) is 18.2 Å². The highest BCUT2D eigenvalue weighted by molar-refractivity contribution is 5.91. The summed E-state index contributed by atoms with van der Waals surface area (Å²) in [7, 11) is 1.40. The van der Waals surface area contributed by atoms with Gasteiger partial charge in [0.1, 0.15) is 5.82 Å². The number of hydrogen-bond donors (Lipinski definition) is 0. The minimum Gasteiger partial charge on any atom is -0.465 e. The molecule has 1 saturated heterocycles. The Bertz CT molecular complexity index is 1280. The number of aromatic nitrogens is 3. The maximum Gasteiger partial charge on any atom is 0.337 e. The summed E-state index contributed by atoms with van der Waals surface area (Å²) in [6.07, 6.45) is 3.55. The number of rotatable bonds is 4. The maximum absolute atomic E-state index is 11.7. The number of fused-ring (bicyclic) bond motifs is 1. The summed E-state index contributed by atoms with van der Waals surface area (Å²) in [5.41, 5.74) is 3.48. The number of pyridine rings is 1. The van der Waals surface area contributed by atoms with Gasteiger partial charge in [0.25, 0.3) is 0 Å². The van der Waals surface area contributed by atoms with Crippen LogP contribution in [0, 0.1) is 0 Å². The zero-order valence-electron chi connectivity index (χ0n) is 18.7. The maximum atomic E-state index is 11.7. The highest BCUT2D eigenvalue weighted by Gasteiger charge is 2.27. The number of ether oxygens (including phenoxy) is 1. The number of anilines is 2. The van der Waals surface area contributed by atoms with Gasteiger partial charge in [0.15, 0.2) is 5.82 Å². The average Bonchev–Trinajstić information content (AvgIpc) is 2.88. The molecule has 2 aromatic heterocycles. The molecular formula is C26H25N5O2. The van der Waals surface area contributed by atoms with Crippen LogP contribution < -0.4 is 9.80 Å². The van der Waals surface area contributed by atoms with Crippen molar-refractivity contribution in [3.8, 4) is 11.4 Å². The topological polar surface area (TPSA) is 71.5 Å². The fourth-order valence-electron chi connectivity index (χ4n) is 4.34. The predicted octanol–water partition coefficient (Wildman–Crippen LogP) is 4.19. The summed E-state index contributed by atoms with van der Waals surface area (Å²) in [6.45, 7) is 4.74. The van der Waals surface area contributed by atoms with Crippen LogP contribution in [0.4, 0.5) is 11.5 Å². The SMILES string of the molecule is COC(=O)c1ccc(N2CCN(c3nc(-c4cccnc4)nc4ccccc34)C(C)C2)cc1. The first-order valence-electron chi connectivity index (χ1n) is 11.0. The lowest BCUT2D eigenvalue weighted by molar-refractivity contribution is 0.0600. The van der Waals surface area contributed by atoms with E-state index >= 15 is 0 Å². The first-order chi connectivity index (χ1) is 16.1. The van der Waals surface area contributed by atoms with Crippen molar-refractivity contribution < 1.29 is 9.53 Å². The van der Waals surface area contributed by atoms with E-state index in [4.69, 9.17) is 14.7 Å². The Morgan fingerprint density at radius 1 is 1.00 bits per heavy atom. The highest BCUT2D eigenvalue weighted by atomic mass is 16.5. The van der Waals surface area contributed by atoms with Gasteiger partial charge in [0, 0.05) is 54.7 Å². The summed E-state index contributed by atoms with van der Waals surface area (Å²) < 4.78 is 4.80. The van der Waals surface area contributed by atoms with E-state index in [2.05, 4.69) is 27.8 Å². The molecule has 0 amide bonds. The van der Waals surface area contributed by atoms with Gasteiger partial charge in [-0.05, 0) is 55.5 Å². The number of carbonyl (C=O) groups excluding carboxylic acids is 1. The summed E-state index contributed by atoms with van der Waals surface area (Å²) in [5, 5.41) is 1.05. The molecule has 0 saturated carbocycles. The van der Waals surface area contributed by atoms with E-state index in [-0.39, 0.29) is 12.0 Å². The van der Waals surface area contributed by atoms with Crippen molar-refractivity contribution in [3.63, 3.8) is 0 Å². The lowest BCUT2D eigenvalue weighted by Gasteiger charge is -2.42. The molecule has 0 bridgehead atoms. The lowest BCUT2D eigenvalue weighted by Crippen LogP contribution is -2.52. The highest BCUT2D eigenvalue weighted by Crippen LogP contribution is 2.30. The van der Waals surface area contributed by atoms with E-state index in [0.717, 1.165) is 47.6 Å². The zero-order chi connectivity index (χ0) is 22.8. The third-order valence-corrected chi connectivity index (χ3v) is 6.06. The largest absolute Gasteiger partial charge is 0.465 e. The van der Waals surface area contributed by atoms with E-state index in [0.29, 0.717) is 11.4 Å². The first-order valence-corrected chi connectivity index (χ1v) is 11.0. The van der Waals surface area contributed by atoms with Crippen molar-refractivity contribution in [1.82, 2.24) is 15.0 Å². The average molecular weight is 440 g/mol. The molecule has 33 heavy (non-hydrogen) atoms. The fraction of sp³-hybridized carbons (Fsp3) is 0.231. The van der Waals surface area contributed by atoms with Crippen molar-refractivity contribution in [1.29, 1.82) is 0 Å². The van der Waals surface area contributed by atoms with Crippen molar-refractivity contribution in [2.24, 2.45) is 0 Å². The zero-order valence-corrected chi connectivity index (χ0v) is 18.7. The Kier molecular flexibility index (Phi) is 5.60. The molecule has 7 heteroatoms. The van der Waals surface area contributed by atoms with Crippen molar-refractivity contribution >= 4 is 28.4 Å². The number of hydrogen-bond acceptors (Lipinski definition) is 7. The van der Waals surface area contributed by atoms with Gasteiger partial charge in [0.2, 0.25) is 0 Å². The second-order valence-corrected chi connectivity index (χ2v) is 8.16. The van der Waals surface area contributed by atoms with E-state index in [9.17, 15) is 4.79 Å². The van der Waals surface area contributed by atoms with Gasteiger partial charge < -0.3 is 14.5 Å². The molecule has 5 rings (SSSR count). The molecule has 1 unspecified atom stereocenters. The third-order valence-electron chi connectivity index (χ3n) is 6.06. The summed E-state index contributed by atoms with van der Waals surface area (Å²) >= 11 is 0. The van der Waals surface area contributed by atoms with Gasteiger partial charge in [-0.3, -0.25) is 4.98 Å². The molecule has 1 aliphatic heterocycles. The normalized spacial score (nSPS) is 16.1. The predicted molar refractivity (Wildman–Crippen MR) is 130 cm³/mol. The molecule has 0 N–H and O–H groups in total. The van der Waals surface area contributed by atoms with Crippen LogP contribution in [0.2, 0.25) is 0 Å². The quantitative estimate of drug-likeness (QED) is 0.442. The Morgan fingerprint density at radius 3 is 2.55 bits per heavy atom. The molecule has 1 aliphatic rings. The van der Waals surface area contributed by atoms with Crippen LogP contribution in [-0.4, -0.2) is 53.7 Å². The molecule has 3 heterocycles. The Labute approximate surface area is 192 Å². The fourth-order valence-corrected chi connectivity index (χ4v) is 4.34. The summed E-state index contributed by atoms with van der Waals surface area (Å²) in [6, 6.07) is 19.9. The van der Waals surface area contributed by atoms with Crippen LogP contribution in [0.5, 0.6) is 0 Å². The third kappa shape index (κ3) is 4.09. The molecule has 166 valence electrons. The molecule has 0 radical (unpaired) electrons. The number of esters is 1. The van der Waals surface area contributed by atoms with E-state index in [1.54, 1.807) is 12.4 Å². The number of carbonyl (C=O) groups is 1. The molecule has 2 aromatic carbocycles. The number of methoxy groups -OCH3 is 1. The van der Waals surface area contributed by atoms with Gasteiger partial charge in [-0.2, -0.15) is 0 Å². The number of nitrogens with zero attached hydrogens (tertiary/aromatic N) is 5. The van der Waals surface area contributed by atoms with Crippen molar-refractivity contribution in [3.05, 3.63) is 78.6 Å². The van der Waals surface area contributed by atoms with Gasteiger partial charge in [-0.15, -0.1) is 0 Å². The van der Waals surface area contributed by atoms with Crippen LogP contribution >= 0.6 is 0 Å². The molecule has 4 aromatic rings. The Hall–Kier alpha value is -4.00. The van der Waals surface area contributed by atoms with E-state index < -0.39 is 0 Å². The molecule has 0 aliphatic carbocycles. The van der Waals surface area contributed by atoms with Crippen LogP contribution in [0.3, 0.4) is 0 Å². The van der Waals surface area contributed by atoms with Gasteiger partial charge in [-0.1, -0.05) is 12.1 Å². The molecular weight excluding hydrogens is 414 g/mol. The standard InChI is InChI=1S/C26H25N5O2/c1-18-17-30(21-11-9-19(10-12-21)26(32)33-2)14-15-31(18)25-22-7-3-4-8-23(22)28-24(29-25)20-6-5-13-27-16-20/h3-13,16,18H,14-15,17H2,1-2H3. The second kappa shape index (κ2) is 8.86. The van der Waals surface area contributed by atoms with E-state index in [1.807, 2.05) is 54.6 Å². The molecule has 1 atom stereocenters. The Morgan fingerprint density at radius 2 is 1.82 bits per heavy atom. The molecule has 1 fully saturated rings. The van der Waals surface area contributed by atoms with E-state index in [1.165, 1.54) is 7.11 Å². The minimum atomic E-state index is -0.320. The minimum absolute atomic E-state index is 0.235. The van der Waals surface area contributed by atoms with Crippen LogP contribution in [0.1, 0.15) is 17.3 Å². The molecule has 0 spiro atoms. The molecule has 7 nitrogen and oxygen atoms in total. The first kappa shape index (κ1) is 20.9. The lowest BCUT2D eigenvalue weighted by atomic mass is 10.1. The monoisotopic (exact) mass is 439 g/mol. The summed E-state index contributed by atoms with van der Waals surface area (Å²) in [4.78, 5) is 30.5. The smallest absolute Gasteiger partial charge is 0.337 e. The van der Waals surface area contributed by atoms with Crippen LogP contribution in [0.15, 0.2) is 73.1 Å². The van der Waals surface area contributed by atoms with Crippen molar-refractivity contribution in [2.45, 2.75) is 13.0 Å². The number of benzene rings is 2.